The highest BCUT2D eigenvalue weighted by Gasteiger charge is 2.34. The second kappa shape index (κ2) is 6.46. The van der Waals surface area contributed by atoms with Crippen LogP contribution < -0.4 is 0 Å². The van der Waals surface area contributed by atoms with Crippen molar-refractivity contribution in [2.24, 2.45) is 0 Å². The molecule has 0 saturated carbocycles. The third-order valence-electron chi connectivity index (χ3n) is 4.40. The van der Waals surface area contributed by atoms with Crippen LogP contribution in [0.25, 0.3) is 0 Å². The summed E-state index contributed by atoms with van der Waals surface area (Å²) in [6.07, 6.45) is 6.27. The summed E-state index contributed by atoms with van der Waals surface area (Å²) in [6, 6.07) is 8.22. The Bertz CT molecular complexity index is 680. The van der Waals surface area contributed by atoms with E-state index in [2.05, 4.69) is 29.0 Å². The highest BCUT2D eigenvalue weighted by Crippen LogP contribution is 2.27. The van der Waals surface area contributed by atoms with Crippen LogP contribution >= 0.6 is 0 Å². The number of aryl methyl sites for hydroxylation is 1. The second-order valence-corrected chi connectivity index (χ2v) is 6.31. The van der Waals surface area contributed by atoms with Crippen molar-refractivity contribution in [3.63, 3.8) is 0 Å². The molecule has 1 aliphatic heterocycles. The van der Waals surface area contributed by atoms with Crippen LogP contribution in [-0.2, 0) is 6.42 Å². The Morgan fingerprint density at radius 2 is 1.96 bits per heavy atom. The number of hydrogen-bond donors (Lipinski definition) is 1. The molecule has 23 heavy (non-hydrogen) atoms. The van der Waals surface area contributed by atoms with Gasteiger partial charge in [-0.1, -0.05) is 29.8 Å². The van der Waals surface area contributed by atoms with Crippen LogP contribution in [0.1, 0.15) is 34.3 Å². The topological polar surface area (TPSA) is 66.3 Å². The number of hydrogen-bond acceptors (Lipinski definition) is 4. The molecular weight excluding hydrogens is 290 g/mol. The molecule has 120 valence electrons. The molecule has 0 bridgehead atoms. The minimum atomic E-state index is -0.738. The largest absolute Gasteiger partial charge is 0.389 e. The van der Waals surface area contributed by atoms with E-state index in [0.717, 1.165) is 5.56 Å². The fourth-order valence-corrected chi connectivity index (χ4v) is 3.10. The van der Waals surface area contributed by atoms with Gasteiger partial charge >= 0.3 is 0 Å². The molecule has 0 radical (unpaired) electrons. The van der Waals surface area contributed by atoms with E-state index >= 15 is 0 Å². The lowest BCUT2D eigenvalue weighted by Crippen LogP contribution is -2.47. The van der Waals surface area contributed by atoms with Crippen LogP contribution in [0, 0.1) is 6.92 Å². The molecule has 2 heterocycles. The highest BCUT2D eigenvalue weighted by molar-refractivity contribution is 5.93. The number of rotatable bonds is 3. The summed E-state index contributed by atoms with van der Waals surface area (Å²) in [5.74, 6) is -0.0665. The van der Waals surface area contributed by atoms with E-state index in [1.165, 1.54) is 24.3 Å². The lowest BCUT2D eigenvalue weighted by Gasteiger charge is -2.38. The van der Waals surface area contributed by atoms with Gasteiger partial charge in [0, 0.05) is 31.9 Å². The Balaban J connectivity index is 1.62. The van der Waals surface area contributed by atoms with Crippen molar-refractivity contribution < 1.29 is 9.90 Å². The predicted molar refractivity (Wildman–Crippen MR) is 87.0 cm³/mol. The highest BCUT2D eigenvalue weighted by atomic mass is 16.3. The summed E-state index contributed by atoms with van der Waals surface area (Å²) in [4.78, 5) is 21.9. The van der Waals surface area contributed by atoms with Crippen LogP contribution in [0.4, 0.5) is 0 Å². The monoisotopic (exact) mass is 311 g/mol. The van der Waals surface area contributed by atoms with Crippen molar-refractivity contribution in [1.29, 1.82) is 0 Å². The zero-order chi connectivity index (χ0) is 16.3. The molecule has 2 aromatic rings. The molecule has 1 aromatic heterocycles. The Hall–Kier alpha value is -2.27. The van der Waals surface area contributed by atoms with Crippen molar-refractivity contribution in [3.8, 4) is 0 Å². The fourth-order valence-electron chi connectivity index (χ4n) is 3.10. The van der Waals surface area contributed by atoms with E-state index in [0.29, 0.717) is 37.9 Å². The normalized spacial score (nSPS) is 17.0. The van der Waals surface area contributed by atoms with Crippen LogP contribution in [0.15, 0.2) is 43.0 Å². The third kappa shape index (κ3) is 3.74. The summed E-state index contributed by atoms with van der Waals surface area (Å²) in [6.45, 7) is 3.16. The number of aliphatic hydroxyl groups is 1. The van der Waals surface area contributed by atoms with Gasteiger partial charge in [0.15, 0.2) is 0 Å². The Morgan fingerprint density at radius 1 is 1.26 bits per heavy atom. The Kier molecular flexibility index (Phi) is 4.39. The second-order valence-electron chi connectivity index (χ2n) is 6.31. The molecule has 1 aromatic carbocycles. The fraction of sp³-hybridized carbons (Fsp3) is 0.389. The van der Waals surface area contributed by atoms with Gasteiger partial charge in [-0.05, 0) is 25.3 Å². The maximum Gasteiger partial charge on any atom is 0.256 e. The van der Waals surface area contributed by atoms with Gasteiger partial charge in [-0.2, -0.15) is 0 Å². The summed E-state index contributed by atoms with van der Waals surface area (Å²) in [5.41, 5.74) is 2.10. The number of carbonyl (C=O) groups is 1. The lowest BCUT2D eigenvalue weighted by molar-refractivity contribution is -0.0162. The molecule has 1 fully saturated rings. The van der Waals surface area contributed by atoms with Crippen molar-refractivity contribution in [2.45, 2.75) is 31.8 Å². The number of amides is 1. The predicted octanol–water partition coefficient (Wildman–Crippen LogP) is 1.99. The number of benzene rings is 1. The summed E-state index contributed by atoms with van der Waals surface area (Å²) < 4.78 is 0. The standard InChI is InChI=1S/C18H21N3O2/c1-14-3-2-4-15(9-14)10-18(23)5-7-21(8-6-18)17(22)16-11-19-13-20-12-16/h2-4,9,11-13,23H,5-8,10H2,1H3. The number of nitrogens with zero attached hydrogens (tertiary/aromatic N) is 3. The van der Waals surface area contributed by atoms with Gasteiger partial charge in [0.2, 0.25) is 0 Å². The van der Waals surface area contributed by atoms with Gasteiger partial charge in [0.25, 0.3) is 5.91 Å². The average Bonchev–Trinajstić information content (AvgIpc) is 2.55. The van der Waals surface area contributed by atoms with Gasteiger partial charge in [0.1, 0.15) is 6.33 Å². The minimum Gasteiger partial charge on any atom is -0.389 e. The zero-order valence-electron chi connectivity index (χ0n) is 13.3. The molecule has 1 amide bonds. The smallest absolute Gasteiger partial charge is 0.256 e. The first-order valence-electron chi connectivity index (χ1n) is 7.88. The number of piperidine rings is 1. The van der Waals surface area contributed by atoms with E-state index < -0.39 is 5.60 Å². The van der Waals surface area contributed by atoms with Crippen molar-refractivity contribution in [1.82, 2.24) is 14.9 Å². The van der Waals surface area contributed by atoms with E-state index in [-0.39, 0.29) is 5.91 Å². The van der Waals surface area contributed by atoms with Gasteiger partial charge in [-0.3, -0.25) is 4.79 Å². The Morgan fingerprint density at radius 3 is 2.61 bits per heavy atom. The molecule has 1 N–H and O–H groups in total. The molecule has 0 atom stereocenters. The molecule has 0 unspecified atom stereocenters. The van der Waals surface area contributed by atoms with Crippen molar-refractivity contribution >= 4 is 5.91 Å². The van der Waals surface area contributed by atoms with E-state index in [1.54, 1.807) is 4.90 Å². The summed E-state index contributed by atoms with van der Waals surface area (Å²) >= 11 is 0. The van der Waals surface area contributed by atoms with E-state index in [9.17, 15) is 9.90 Å². The first-order chi connectivity index (χ1) is 11.1. The molecule has 5 heteroatoms. The number of aromatic nitrogens is 2. The minimum absolute atomic E-state index is 0.0665. The molecular formula is C18H21N3O2. The van der Waals surface area contributed by atoms with Crippen LogP contribution in [0.3, 0.4) is 0 Å². The quantitative estimate of drug-likeness (QED) is 0.941. The maximum atomic E-state index is 12.4. The lowest BCUT2D eigenvalue weighted by atomic mass is 9.85. The average molecular weight is 311 g/mol. The number of likely N-dealkylation sites (tertiary alicyclic amines) is 1. The van der Waals surface area contributed by atoms with Crippen LogP contribution in [-0.4, -0.2) is 44.6 Å². The van der Waals surface area contributed by atoms with Crippen LogP contribution in [0.2, 0.25) is 0 Å². The Labute approximate surface area is 136 Å². The molecule has 0 spiro atoms. The third-order valence-corrected chi connectivity index (χ3v) is 4.40. The van der Waals surface area contributed by atoms with E-state index in [4.69, 9.17) is 0 Å². The van der Waals surface area contributed by atoms with Crippen molar-refractivity contribution in [3.05, 3.63) is 59.7 Å². The number of carbonyl (C=O) groups excluding carboxylic acids is 1. The summed E-state index contributed by atoms with van der Waals surface area (Å²) in [7, 11) is 0. The van der Waals surface area contributed by atoms with Gasteiger partial charge in [0.05, 0.1) is 11.2 Å². The first-order valence-corrected chi connectivity index (χ1v) is 7.88. The van der Waals surface area contributed by atoms with Crippen molar-refractivity contribution in [2.75, 3.05) is 13.1 Å². The SMILES string of the molecule is Cc1cccc(CC2(O)CCN(C(=O)c3cncnc3)CC2)c1. The van der Waals surface area contributed by atoms with Gasteiger partial charge < -0.3 is 10.0 Å². The summed E-state index contributed by atoms with van der Waals surface area (Å²) in [5, 5.41) is 10.8. The molecule has 5 nitrogen and oxygen atoms in total. The van der Waals surface area contributed by atoms with Gasteiger partial charge in [-0.15, -0.1) is 0 Å². The molecule has 3 rings (SSSR count). The maximum absolute atomic E-state index is 12.4. The molecule has 0 aliphatic carbocycles. The molecule has 1 aliphatic rings. The zero-order valence-corrected chi connectivity index (χ0v) is 13.3. The van der Waals surface area contributed by atoms with Crippen LogP contribution in [0.5, 0.6) is 0 Å². The van der Waals surface area contributed by atoms with Gasteiger partial charge in [-0.25, -0.2) is 9.97 Å². The molecule has 1 saturated heterocycles. The van der Waals surface area contributed by atoms with E-state index in [1.807, 2.05) is 12.1 Å². The first kappa shape index (κ1) is 15.6.